The van der Waals surface area contributed by atoms with Gasteiger partial charge in [0.2, 0.25) is 0 Å². The average Bonchev–Trinajstić information content (AvgIpc) is 2.23. The van der Waals surface area contributed by atoms with Crippen molar-refractivity contribution in [2.45, 2.75) is 38.3 Å². The van der Waals surface area contributed by atoms with E-state index in [-0.39, 0.29) is 5.97 Å². The molecule has 2 N–H and O–H groups in total. The van der Waals surface area contributed by atoms with Crippen molar-refractivity contribution >= 4 is 5.97 Å². The minimum atomic E-state index is -0.489. The number of carbonyl (C=O) groups excluding carboxylic acids is 1. The highest BCUT2D eigenvalue weighted by Crippen LogP contribution is 2.43. The maximum Gasteiger partial charge on any atom is 0.303 e. The van der Waals surface area contributed by atoms with E-state index >= 15 is 0 Å². The monoisotopic (exact) mass is 220 g/mol. The fourth-order valence-corrected chi connectivity index (χ4v) is 2.03. The van der Waals surface area contributed by atoms with E-state index in [1.165, 1.54) is 6.92 Å². The topological polar surface area (TPSA) is 65.2 Å². The first kappa shape index (κ1) is 11.1. The minimum Gasteiger partial charge on any atom is -0.453 e. The van der Waals surface area contributed by atoms with Gasteiger partial charge in [-0.15, -0.1) is 0 Å². The van der Waals surface area contributed by atoms with Crippen LogP contribution in [-0.4, -0.2) is 11.0 Å². The molecule has 1 fully saturated rings. The Bertz CT molecular complexity index is 400. The minimum absolute atomic E-state index is 0.250. The zero-order chi connectivity index (χ0) is 11.6. The van der Waals surface area contributed by atoms with Crippen LogP contribution in [0.15, 0.2) is 18.2 Å². The molecule has 4 heteroatoms. The third-order valence-electron chi connectivity index (χ3n) is 2.98. The molecule has 0 unspecified atom stereocenters. The molecule has 1 heterocycles. The fraction of sp³-hybridized carbons (Fsp3) is 0.500. The second kappa shape index (κ2) is 4.22. The molecule has 0 amide bonds. The third-order valence-corrected chi connectivity index (χ3v) is 2.98. The van der Waals surface area contributed by atoms with Crippen LogP contribution in [0.4, 0.5) is 0 Å². The van der Waals surface area contributed by atoms with Crippen molar-refractivity contribution in [3.8, 4) is 0 Å². The van der Waals surface area contributed by atoms with E-state index in [0.717, 1.165) is 30.7 Å². The number of aromatic nitrogens is 1. The molecule has 16 heavy (non-hydrogen) atoms. The molecule has 1 saturated carbocycles. The number of ether oxygens (including phenoxy) is 1. The van der Waals surface area contributed by atoms with E-state index in [4.69, 9.17) is 10.5 Å². The summed E-state index contributed by atoms with van der Waals surface area (Å²) < 4.78 is 5.42. The summed E-state index contributed by atoms with van der Waals surface area (Å²) >= 11 is 0. The Morgan fingerprint density at radius 3 is 2.81 bits per heavy atom. The van der Waals surface area contributed by atoms with E-state index < -0.39 is 5.60 Å². The Hall–Kier alpha value is -1.42. The van der Waals surface area contributed by atoms with Crippen molar-refractivity contribution in [3.63, 3.8) is 0 Å². The lowest BCUT2D eigenvalue weighted by Gasteiger charge is -2.40. The van der Waals surface area contributed by atoms with Gasteiger partial charge >= 0.3 is 5.97 Å². The lowest BCUT2D eigenvalue weighted by atomic mass is 9.77. The number of carbonyl (C=O) groups is 1. The smallest absolute Gasteiger partial charge is 0.303 e. The first-order valence-electron chi connectivity index (χ1n) is 5.52. The summed E-state index contributed by atoms with van der Waals surface area (Å²) in [6, 6.07) is 5.69. The zero-order valence-corrected chi connectivity index (χ0v) is 9.40. The molecule has 0 atom stereocenters. The quantitative estimate of drug-likeness (QED) is 0.784. The number of pyridine rings is 1. The molecule has 4 nitrogen and oxygen atoms in total. The van der Waals surface area contributed by atoms with E-state index in [9.17, 15) is 4.79 Å². The summed E-state index contributed by atoms with van der Waals surface area (Å²) in [6.45, 7) is 1.84. The van der Waals surface area contributed by atoms with Crippen LogP contribution >= 0.6 is 0 Å². The van der Waals surface area contributed by atoms with Crippen molar-refractivity contribution in [1.82, 2.24) is 4.98 Å². The van der Waals surface area contributed by atoms with Gasteiger partial charge in [-0.3, -0.25) is 9.78 Å². The van der Waals surface area contributed by atoms with Crippen molar-refractivity contribution in [2.75, 3.05) is 0 Å². The molecule has 0 saturated heterocycles. The van der Waals surface area contributed by atoms with Crippen LogP contribution < -0.4 is 5.73 Å². The number of nitrogens with two attached hydrogens (primary N) is 1. The van der Waals surface area contributed by atoms with Crippen LogP contribution in [0.2, 0.25) is 0 Å². The number of hydrogen-bond acceptors (Lipinski definition) is 4. The van der Waals surface area contributed by atoms with Gasteiger partial charge in [0.1, 0.15) is 0 Å². The maximum absolute atomic E-state index is 11.1. The SMILES string of the molecule is CC(=O)OC1(c2cccc(CN)n2)CCC1. The number of nitrogens with zero attached hydrogens (tertiary/aromatic N) is 1. The van der Waals surface area contributed by atoms with Gasteiger partial charge in [0.15, 0.2) is 5.60 Å². The lowest BCUT2D eigenvalue weighted by Crippen LogP contribution is -2.39. The number of hydrogen-bond donors (Lipinski definition) is 1. The third kappa shape index (κ3) is 1.93. The largest absolute Gasteiger partial charge is 0.453 e. The van der Waals surface area contributed by atoms with Crippen molar-refractivity contribution in [3.05, 3.63) is 29.6 Å². The standard InChI is InChI=1S/C12H16N2O2/c1-9(15)16-12(6-3-7-12)11-5-2-4-10(8-13)14-11/h2,4-5H,3,6-8,13H2,1H3. The van der Waals surface area contributed by atoms with Gasteiger partial charge in [0.25, 0.3) is 0 Å². The average molecular weight is 220 g/mol. The highest BCUT2D eigenvalue weighted by molar-refractivity contribution is 5.67. The molecule has 0 spiro atoms. The predicted molar refractivity (Wildman–Crippen MR) is 59.4 cm³/mol. The highest BCUT2D eigenvalue weighted by Gasteiger charge is 2.43. The summed E-state index contributed by atoms with van der Waals surface area (Å²) in [7, 11) is 0. The van der Waals surface area contributed by atoms with Gasteiger partial charge in [0, 0.05) is 13.5 Å². The molecule has 2 rings (SSSR count). The van der Waals surface area contributed by atoms with Gasteiger partial charge in [-0.25, -0.2) is 0 Å². The van der Waals surface area contributed by atoms with E-state index in [1.54, 1.807) is 0 Å². The van der Waals surface area contributed by atoms with Gasteiger partial charge < -0.3 is 10.5 Å². The molecule has 0 radical (unpaired) electrons. The summed E-state index contributed by atoms with van der Waals surface area (Å²) in [5, 5.41) is 0. The van der Waals surface area contributed by atoms with Gasteiger partial charge in [-0.1, -0.05) is 6.07 Å². The molecule has 0 bridgehead atoms. The second-order valence-electron chi connectivity index (χ2n) is 4.16. The Kier molecular flexibility index (Phi) is 2.92. The van der Waals surface area contributed by atoms with Crippen LogP contribution in [-0.2, 0) is 21.7 Å². The lowest BCUT2D eigenvalue weighted by molar-refractivity contribution is -0.169. The van der Waals surface area contributed by atoms with E-state index in [2.05, 4.69) is 4.98 Å². The van der Waals surface area contributed by atoms with Crippen LogP contribution in [0.1, 0.15) is 37.6 Å². The molecule has 1 aliphatic carbocycles. The van der Waals surface area contributed by atoms with Crippen molar-refractivity contribution in [1.29, 1.82) is 0 Å². The van der Waals surface area contributed by atoms with Crippen molar-refractivity contribution < 1.29 is 9.53 Å². The predicted octanol–water partition coefficient (Wildman–Crippen LogP) is 1.48. The summed E-state index contributed by atoms with van der Waals surface area (Å²) in [6.07, 6.45) is 2.78. The molecule has 86 valence electrons. The normalized spacial score (nSPS) is 17.6. The Morgan fingerprint density at radius 2 is 2.31 bits per heavy atom. The Morgan fingerprint density at radius 1 is 1.56 bits per heavy atom. The number of rotatable bonds is 3. The first-order chi connectivity index (χ1) is 7.66. The molecule has 1 aromatic rings. The summed E-state index contributed by atoms with van der Waals surface area (Å²) in [4.78, 5) is 15.5. The number of esters is 1. The highest BCUT2D eigenvalue weighted by atomic mass is 16.6. The van der Waals surface area contributed by atoms with Crippen LogP contribution in [0.25, 0.3) is 0 Å². The second-order valence-corrected chi connectivity index (χ2v) is 4.16. The molecular formula is C12H16N2O2. The van der Waals surface area contributed by atoms with Gasteiger partial charge in [-0.05, 0) is 31.4 Å². The molecule has 1 aliphatic rings. The van der Waals surface area contributed by atoms with Crippen LogP contribution in [0.3, 0.4) is 0 Å². The van der Waals surface area contributed by atoms with Crippen LogP contribution in [0.5, 0.6) is 0 Å². The fourth-order valence-electron chi connectivity index (χ4n) is 2.03. The maximum atomic E-state index is 11.1. The molecule has 0 aromatic carbocycles. The summed E-state index contributed by atoms with van der Waals surface area (Å²) in [5.41, 5.74) is 6.72. The van der Waals surface area contributed by atoms with Crippen LogP contribution in [0, 0.1) is 0 Å². The molecular weight excluding hydrogens is 204 g/mol. The first-order valence-corrected chi connectivity index (χ1v) is 5.52. The van der Waals surface area contributed by atoms with E-state index in [1.807, 2.05) is 18.2 Å². The van der Waals surface area contributed by atoms with Gasteiger partial charge in [-0.2, -0.15) is 0 Å². The Balaban J connectivity index is 2.29. The van der Waals surface area contributed by atoms with E-state index in [0.29, 0.717) is 6.54 Å². The molecule has 0 aliphatic heterocycles. The Labute approximate surface area is 94.8 Å². The molecule has 1 aromatic heterocycles. The van der Waals surface area contributed by atoms with Gasteiger partial charge in [0.05, 0.1) is 11.4 Å². The zero-order valence-electron chi connectivity index (χ0n) is 9.40. The van der Waals surface area contributed by atoms with Crippen molar-refractivity contribution in [2.24, 2.45) is 5.73 Å². The summed E-state index contributed by atoms with van der Waals surface area (Å²) in [5.74, 6) is -0.250.